The highest BCUT2D eigenvalue weighted by Crippen LogP contribution is 2.26. The van der Waals surface area contributed by atoms with Crippen molar-refractivity contribution >= 4 is 60.3 Å². The Kier molecular flexibility index (Phi) is 6.57. The topological polar surface area (TPSA) is 73.6 Å². The number of ether oxygens (including phenoxy) is 1. The van der Waals surface area contributed by atoms with Crippen molar-refractivity contribution in [1.82, 2.24) is 9.55 Å². The zero-order valence-electron chi connectivity index (χ0n) is 18.8. The van der Waals surface area contributed by atoms with Crippen molar-refractivity contribution in [3.8, 4) is 11.3 Å². The lowest BCUT2D eigenvalue weighted by molar-refractivity contribution is -0.143. The van der Waals surface area contributed by atoms with E-state index in [1.54, 1.807) is 17.6 Å². The number of thiazole rings is 1. The van der Waals surface area contributed by atoms with Crippen LogP contribution in [0.4, 0.5) is 0 Å². The number of pyridine rings is 1. The molecular weight excluding hydrogens is 526 g/mol. The monoisotopic (exact) mass is 545 g/mol. The first-order valence-corrected chi connectivity index (χ1v) is 12.6. The number of hydrogen-bond donors (Lipinski definition) is 0. The zero-order chi connectivity index (χ0) is 24.4. The Morgan fingerprint density at radius 3 is 2.60 bits per heavy atom. The van der Waals surface area contributed by atoms with Crippen LogP contribution in [0.5, 0.6) is 0 Å². The van der Waals surface area contributed by atoms with Crippen molar-refractivity contribution in [3.05, 3.63) is 93.7 Å². The van der Waals surface area contributed by atoms with Crippen LogP contribution in [0.3, 0.4) is 0 Å². The third-order valence-electron chi connectivity index (χ3n) is 5.45. The summed E-state index contributed by atoms with van der Waals surface area (Å²) in [4.78, 5) is 35.6. The summed E-state index contributed by atoms with van der Waals surface area (Å²) in [7, 11) is 0. The highest BCUT2D eigenvalue weighted by Gasteiger charge is 2.16. The summed E-state index contributed by atoms with van der Waals surface area (Å²) in [6.45, 7) is 2.01. The maximum Gasteiger partial charge on any atom is 0.326 e. The van der Waals surface area contributed by atoms with E-state index in [2.05, 4.69) is 20.9 Å². The van der Waals surface area contributed by atoms with Gasteiger partial charge < -0.3 is 9.30 Å². The summed E-state index contributed by atoms with van der Waals surface area (Å²) in [5.74, 6) is -0.784. The van der Waals surface area contributed by atoms with Gasteiger partial charge in [-0.1, -0.05) is 75.8 Å². The number of benzene rings is 3. The fourth-order valence-electron chi connectivity index (χ4n) is 3.88. The lowest BCUT2D eigenvalue weighted by atomic mass is 10.0. The summed E-state index contributed by atoms with van der Waals surface area (Å²) < 4.78 is 8.69. The van der Waals surface area contributed by atoms with Crippen molar-refractivity contribution in [2.24, 2.45) is 4.99 Å². The van der Waals surface area contributed by atoms with Crippen LogP contribution in [0, 0.1) is 0 Å². The number of hydrogen-bond acceptors (Lipinski definition) is 5. The molecular formula is C27H20BrN3O3S. The molecule has 5 rings (SSSR count). The molecule has 35 heavy (non-hydrogen) atoms. The summed E-state index contributed by atoms with van der Waals surface area (Å²) in [5, 5.41) is 0.724. The molecule has 0 saturated carbocycles. The largest absolute Gasteiger partial charge is 0.465 e. The van der Waals surface area contributed by atoms with Crippen LogP contribution in [-0.2, 0) is 16.1 Å². The maximum atomic E-state index is 13.6. The first-order chi connectivity index (χ1) is 17.0. The highest BCUT2D eigenvalue weighted by molar-refractivity contribution is 9.10. The fraction of sp³-hybridized carbons (Fsp3) is 0.111. The zero-order valence-corrected chi connectivity index (χ0v) is 21.2. The molecule has 2 aromatic heterocycles. The molecule has 6 nitrogen and oxygen atoms in total. The minimum atomic E-state index is -0.399. The Labute approximate surface area is 213 Å². The summed E-state index contributed by atoms with van der Waals surface area (Å²) in [6.07, 6.45) is 0. The van der Waals surface area contributed by atoms with Crippen LogP contribution < -0.4 is 4.80 Å². The molecule has 0 bridgehead atoms. The minimum absolute atomic E-state index is 0.0338. The Balaban J connectivity index is 1.68. The van der Waals surface area contributed by atoms with E-state index in [4.69, 9.17) is 9.72 Å². The lowest BCUT2D eigenvalue weighted by Crippen LogP contribution is -2.23. The second-order valence-corrected chi connectivity index (χ2v) is 9.67. The van der Waals surface area contributed by atoms with Crippen molar-refractivity contribution < 1.29 is 14.3 Å². The average molecular weight is 546 g/mol. The van der Waals surface area contributed by atoms with Gasteiger partial charge in [-0.25, -0.2) is 4.98 Å². The van der Waals surface area contributed by atoms with Crippen LogP contribution in [0.1, 0.15) is 17.3 Å². The van der Waals surface area contributed by atoms with Crippen molar-refractivity contribution in [2.75, 3.05) is 6.61 Å². The Bertz CT molecular complexity index is 1640. The third-order valence-corrected chi connectivity index (χ3v) is 6.99. The molecule has 1 amide bonds. The van der Waals surface area contributed by atoms with Crippen LogP contribution in [0.25, 0.3) is 32.4 Å². The maximum absolute atomic E-state index is 13.6. The van der Waals surface area contributed by atoms with Crippen molar-refractivity contribution in [3.63, 3.8) is 0 Å². The first kappa shape index (κ1) is 23.1. The van der Waals surface area contributed by atoms with E-state index in [0.29, 0.717) is 21.6 Å². The number of esters is 1. The van der Waals surface area contributed by atoms with Gasteiger partial charge in [-0.05, 0) is 37.3 Å². The van der Waals surface area contributed by atoms with Gasteiger partial charge in [-0.15, -0.1) is 0 Å². The fourth-order valence-corrected chi connectivity index (χ4v) is 5.46. The number of carbonyl (C=O) groups excluding carboxylic acids is 2. The molecule has 5 aromatic rings. The molecule has 0 aliphatic heterocycles. The molecule has 0 fully saturated rings. The van der Waals surface area contributed by atoms with E-state index < -0.39 is 5.91 Å². The molecule has 2 heterocycles. The molecule has 0 aliphatic carbocycles. The molecule has 0 N–H and O–H groups in total. The molecule has 174 valence electrons. The summed E-state index contributed by atoms with van der Waals surface area (Å²) in [6, 6.07) is 24.8. The van der Waals surface area contributed by atoms with Crippen LogP contribution in [-0.4, -0.2) is 28.0 Å². The van der Waals surface area contributed by atoms with Crippen LogP contribution >= 0.6 is 27.3 Å². The number of fused-ring (bicyclic) bond motifs is 2. The van der Waals surface area contributed by atoms with E-state index in [9.17, 15) is 9.59 Å². The Morgan fingerprint density at radius 2 is 1.80 bits per heavy atom. The molecule has 0 spiro atoms. The lowest BCUT2D eigenvalue weighted by Gasteiger charge is -2.08. The van der Waals surface area contributed by atoms with Gasteiger partial charge in [0.05, 0.1) is 33.6 Å². The SMILES string of the molecule is CCOC(=O)Cn1c(=NC(=O)c2cc(-c3ccccc3)nc3ccccc23)sc2cc(Br)ccc21. The van der Waals surface area contributed by atoms with Crippen molar-refractivity contribution in [1.29, 1.82) is 0 Å². The second kappa shape index (κ2) is 9.93. The molecule has 0 aliphatic rings. The molecule has 8 heteroatoms. The minimum Gasteiger partial charge on any atom is -0.465 e. The van der Waals surface area contributed by atoms with Gasteiger partial charge in [-0.2, -0.15) is 4.99 Å². The number of aromatic nitrogens is 2. The van der Waals surface area contributed by atoms with Crippen LogP contribution in [0.15, 0.2) is 88.3 Å². The van der Waals surface area contributed by atoms with E-state index in [-0.39, 0.29) is 19.1 Å². The van der Waals surface area contributed by atoms with Crippen LogP contribution in [0.2, 0.25) is 0 Å². The number of halogens is 1. The molecule has 0 saturated heterocycles. The average Bonchev–Trinajstić information content (AvgIpc) is 3.19. The van der Waals surface area contributed by atoms with Gasteiger partial charge in [0.2, 0.25) is 0 Å². The number of para-hydroxylation sites is 1. The number of nitrogens with zero attached hydrogens (tertiary/aromatic N) is 3. The molecule has 0 atom stereocenters. The van der Waals surface area contributed by atoms with Crippen molar-refractivity contribution in [2.45, 2.75) is 13.5 Å². The molecule has 0 radical (unpaired) electrons. The first-order valence-electron chi connectivity index (χ1n) is 11.0. The van der Waals surface area contributed by atoms with E-state index in [0.717, 1.165) is 25.6 Å². The van der Waals surface area contributed by atoms with Gasteiger partial charge in [0.15, 0.2) is 4.80 Å². The Morgan fingerprint density at radius 1 is 1.03 bits per heavy atom. The highest BCUT2D eigenvalue weighted by atomic mass is 79.9. The van der Waals surface area contributed by atoms with Gasteiger partial charge in [0.25, 0.3) is 5.91 Å². The normalized spacial score (nSPS) is 11.8. The number of rotatable bonds is 5. The summed E-state index contributed by atoms with van der Waals surface area (Å²) >= 11 is 4.84. The number of amides is 1. The Hall–Kier alpha value is -3.62. The predicted molar refractivity (Wildman–Crippen MR) is 141 cm³/mol. The van der Waals surface area contributed by atoms with Gasteiger partial charge in [-0.3, -0.25) is 9.59 Å². The van der Waals surface area contributed by atoms with E-state index >= 15 is 0 Å². The molecule has 0 unspecified atom stereocenters. The smallest absolute Gasteiger partial charge is 0.326 e. The summed E-state index contributed by atoms with van der Waals surface area (Å²) in [5.41, 5.74) is 3.59. The predicted octanol–water partition coefficient (Wildman–Crippen LogP) is 5.98. The second-order valence-electron chi connectivity index (χ2n) is 7.74. The van der Waals surface area contributed by atoms with E-state index in [1.807, 2.05) is 72.8 Å². The van der Waals surface area contributed by atoms with Gasteiger partial charge >= 0.3 is 5.97 Å². The quantitative estimate of drug-likeness (QED) is 0.254. The molecule has 3 aromatic carbocycles. The number of carbonyl (C=O) groups is 2. The standard InChI is InChI=1S/C27H20BrN3O3S/c1-2-34-25(32)16-31-23-13-12-18(28)14-24(23)35-27(31)30-26(33)20-15-22(17-8-4-3-5-9-17)29-21-11-7-6-10-19(20)21/h3-15H,2,16H2,1H3. The van der Waals surface area contributed by atoms with Gasteiger partial charge in [0, 0.05) is 15.4 Å². The van der Waals surface area contributed by atoms with Gasteiger partial charge in [0.1, 0.15) is 6.54 Å². The van der Waals surface area contributed by atoms with E-state index in [1.165, 1.54) is 11.3 Å². The third kappa shape index (κ3) is 4.80.